The van der Waals surface area contributed by atoms with E-state index in [0.29, 0.717) is 6.54 Å². The van der Waals surface area contributed by atoms with Crippen LogP contribution in [0, 0.1) is 0 Å². The fourth-order valence-electron chi connectivity index (χ4n) is 1.42. The number of aromatic nitrogens is 1. The van der Waals surface area contributed by atoms with Gasteiger partial charge in [0.2, 0.25) is 0 Å². The van der Waals surface area contributed by atoms with E-state index in [1.54, 1.807) is 0 Å². The summed E-state index contributed by atoms with van der Waals surface area (Å²) in [7, 11) is 2.07. The van der Waals surface area contributed by atoms with Crippen LogP contribution < -0.4 is 10.6 Å². The van der Waals surface area contributed by atoms with Crippen molar-refractivity contribution in [3.63, 3.8) is 0 Å². The van der Waals surface area contributed by atoms with Gasteiger partial charge in [0.15, 0.2) is 0 Å². The summed E-state index contributed by atoms with van der Waals surface area (Å²) in [6, 6.07) is 3.96. The van der Waals surface area contributed by atoms with Gasteiger partial charge in [0.1, 0.15) is 5.82 Å². The molecule has 0 atom stereocenters. The lowest BCUT2D eigenvalue weighted by molar-refractivity contribution is 0.466. The Bertz CT molecular complexity index is 320. The molecule has 2 N–H and O–H groups in total. The standard InChI is InChI=1S/C12H21N3/c1-5-12(2,3)15(4)11-10(9-13)7-6-8-14-11/h6-8H,5,9,13H2,1-4H3. The lowest BCUT2D eigenvalue weighted by atomic mass is 9.99. The highest BCUT2D eigenvalue weighted by atomic mass is 15.2. The largest absolute Gasteiger partial charge is 0.354 e. The molecule has 0 spiro atoms. The molecule has 84 valence electrons. The second kappa shape index (κ2) is 4.62. The molecule has 1 aromatic heterocycles. The number of anilines is 1. The minimum absolute atomic E-state index is 0.109. The Hall–Kier alpha value is -1.09. The first-order chi connectivity index (χ1) is 7.03. The van der Waals surface area contributed by atoms with Gasteiger partial charge in [-0.1, -0.05) is 13.0 Å². The Kier molecular flexibility index (Phi) is 3.69. The van der Waals surface area contributed by atoms with Crippen molar-refractivity contribution in [2.45, 2.75) is 39.3 Å². The van der Waals surface area contributed by atoms with Gasteiger partial charge in [-0.05, 0) is 26.3 Å². The monoisotopic (exact) mass is 207 g/mol. The molecule has 0 radical (unpaired) electrons. The summed E-state index contributed by atoms with van der Waals surface area (Å²) in [4.78, 5) is 6.61. The van der Waals surface area contributed by atoms with Crippen LogP contribution >= 0.6 is 0 Å². The Balaban J connectivity index is 3.05. The van der Waals surface area contributed by atoms with Gasteiger partial charge in [0.25, 0.3) is 0 Å². The molecule has 0 fully saturated rings. The van der Waals surface area contributed by atoms with Crippen molar-refractivity contribution < 1.29 is 0 Å². The summed E-state index contributed by atoms with van der Waals surface area (Å²) in [5.74, 6) is 0.992. The van der Waals surface area contributed by atoms with Crippen LogP contribution in [0.1, 0.15) is 32.8 Å². The third-order valence-electron chi connectivity index (χ3n) is 3.18. The van der Waals surface area contributed by atoms with Crippen LogP contribution in [-0.4, -0.2) is 17.6 Å². The van der Waals surface area contributed by atoms with Crippen LogP contribution in [0.3, 0.4) is 0 Å². The molecule has 1 heterocycles. The second-order valence-corrected chi connectivity index (χ2v) is 4.42. The maximum Gasteiger partial charge on any atom is 0.133 e. The Morgan fingerprint density at radius 3 is 2.67 bits per heavy atom. The van der Waals surface area contributed by atoms with E-state index in [-0.39, 0.29) is 5.54 Å². The summed E-state index contributed by atoms with van der Waals surface area (Å²) in [5, 5.41) is 0. The van der Waals surface area contributed by atoms with E-state index in [2.05, 4.69) is 37.7 Å². The quantitative estimate of drug-likeness (QED) is 0.822. The molecule has 3 nitrogen and oxygen atoms in total. The fraction of sp³-hybridized carbons (Fsp3) is 0.583. The summed E-state index contributed by atoms with van der Waals surface area (Å²) in [6.45, 7) is 7.14. The molecular weight excluding hydrogens is 186 g/mol. The molecule has 0 aromatic carbocycles. The maximum absolute atomic E-state index is 5.71. The van der Waals surface area contributed by atoms with Gasteiger partial charge >= 0.3 is 0 Å². The van der Waals surface area contributed by atoms with Crippen LogP contribution in [0.15, 0.2) is 18.3 Å². The van der Waals surface area contributed by atoms with Crippen molar-refractivity contribution in [3.05, 3.63) is 23.9 Å². The molecular formula is C12H21N3. The van der Waals surface area contributed by atoms with E-state index in [4.69, 9.17) is 5.73 Å². The van der Waals surface area contributed by atoms with Gasteiger partial charge in [0, 0.05) is 30.9 Å². The zero-order valence-electron chi connectivity index (χ0n) is 10.1. The number of pyridine rings is 1. The molecule has 0 saturated carbocycles. The normalized spacial score (nSPS) is 11.5. The molecule has 15 heavy (non-hydrogen) atoms. The van der Waals surface area contributed by atoms with E-state index in [1.165, 1.54) is 0 Å². The van der Waals surface area contributed by atoms with Crippen molar-refractivity contribution in [1.29, 1.82) is 0 Å². The zero-order chi connectivity index (χ0) is 11.5. The summed E-state index contributed by atoms with van der Waals surface area (Å²) >= 11 is 0. The third kappa shape index (κ3) is 2.48. The van der Waals surface area contributed by atoms with E-state index < -0.39 is 0 Å². The molecule has 1 rings (SSSR count). The van der Waals surface area contributed by atoms with Crippen LogP contribution in [0.4, 0.5) is 5.82 Å². The molecule has 0 bridgehead atoms. The van der Waals surface area contributed by atoms with Crippen LogP contribution in [0.5, 0.6) is 0 Å². The highest BCUT2D eigenvalue weighted by Gasteiger charge is 2.23. The minimum Gasteiger partial charge on any atom is -0.354 e. The number of nitrogens with zero attached hydrogens (tertiary/aromatic N) is 2. The van der Waals surface area contributed by atoms with E-state index >= 15 is 0 Å². The average molecular weight is 207 g/mol. The van der Waals surface area contributed by atoms with Gasteiger partial charge in [0.05, 0.1) is 0 Å². The molecule has 0 unspecified atom stereocenters. The predicted molar refractivity (Wildman–Crippen MR) is 64.9 cm³/mol. The number of hydrogen-bond acceptors (Lipinski definition) is 3. The van der Waals surface area contributed by atoms with E-state index in [9.17, 15) is 0 Å². The molecule has 0 saturated heterocycles. The van der Waals surface area contributed by atoms with Crippen LogP contribution in [0.2, 0.25) is 0 Å². The molecule has 0 amide bonds. The zero-order valence-corrected chi connectivity index (χ0v) is 10.1. The van der Waals surface area contributed by atoms with Crippen molar-refractivity contribution in [2.75, 3.05) is 11.9 Å². The molecule has 0 aliphatic rings. The van der Waals surface area contributed by atoms with Gasteiger partial charge in [-0.15, -0.1) is 0 Å². The SMILES string of the molecule is CCC(C)(C)N(C)c1ncccc1CN. The van der Waals surface area contributed by atoms with E-state index in [0.717, 1.165) is 17.8 Å². The first kappa shape index (κ1) is 12.0. The maximum atomic E-state index is 5.71. The van der Waals surface area contributed by atoms with Crippen molar-refractivity contribution in [1.82, 2.24) is 4.98 Å². The lowest BCUT2D eigenvalue weighted by Crippen LogP contribution is -2.41. The molecule has 1 aromatic rings. The first-order valence-corrected chi connectivity index (χ1v) is 5.40. The van der Waals surface area contributed by atoms with Crippen molar-refractivity contribution in [2.24, 2.45) is 5.73 Å². The number of rotatable bonds is 4. The van der Waals surface area contributed by atoms with E-state index in [1.807, 2.05) is 18.3 Å². The van der Waals surface area contributed by atoms with Crippen LogP contribution in [0.25, 0.3) is 0 Å². The molecule has 0 aliphatic carbocycles. The van der Waals surface area contributed by atoms with Crippen molar-refractivity contribution >= 4 is 5.82 Å². The van der Waals surface area contributed by atoms with Gasteiger partial charge < -0.3 is 10.6 Å². The summed E-state index contributed by atoms with van der Waals surface area (Å²) in [5.41, 5.74) is 6.91. The smallest absolute Gasteiger partial charge is 0.133 e. The number of nitrogens with two attached hydrogens (primary N) is 1. The highest BCUT2D eigenvalue weighted by molar-refractivity contribution is 5.48. The molecule has 3 heteroatoms. The van der Waals surface area contributed by atoms with Gasteiger partial charge in [-0.3, -0.25) is 0 Å². The predicted octanol–water partition coefficient (Wildman–Crippen LogP) is 2.17. The highest BCUT2D eigenvalue weighted by Crippen LogP contribution is 2.25. The lowest BCUT2D eigenvalue weighted by Gasteiger charge is -2.36. The number of hydrogen-bond donors (Lipinski definition) is 1. The van der Waals surface area contributed by atoms with Gasteiger partial charge in [-0.2, -0.15) is 0 Å². The summed E-state index contributed by atoms with van der Waals surface area (Å²) < 4.78 is 0. The topological polar surface area (TPSA) is 42.2 Å². The Morgan fingerprint density at radius 2 is 2.13 bits per heavy atom. The Morgan fingerprint density at radius 1 is 1.47 bits per heavy atom. The third-order valence-corrected chi connectivity index (χ3v) is 3.18. The fourth-order valence-corrected chi connectivity index (χ4v) is 1.42. The minimum atomic E-state index is 0.109. The van der Waals surface area contributed by atoms with Crippen molar-refractivity contribution in [3.8, 4) is 0 Å². The molecule has 0 aliphatic heterocycles. The average Bonchev–Trinajstić information content (AvgIpc) is 2.28. The van der Waals surface area contributed by atoms with Gasteiger partial charge in [-0.25, -0.2) is 4.98 Å². The Labute approximate surface area is 92.3 Å². The second-order valence-electron chi connectivity index (χ2n) is 4.42. The van der Waals surface area contributed by atoms with Crippen LogP contribution in [-0.2, 0) is 6.54 Å². The summed E-state index contributed by atoms with van der Waals surface area (Å²) in [6.07, 6.45) is 2.89. The first-order valence-electron chi connectivity index (χ1n) is 5.40.